The second kappa shape index (κ2) is 5.78. The maximum absolute atomic E-state index is 12.2. The Kier molecular flexibility index (Phi) is 3.98. The topological polar surface area (TPSA) is 125 Å². The Bertz CT molecular complexity index is 560. The molecule has 9 nitrogen and oxygen atoms in total. The lowest BCUT2D eigenvalue weighted by Crippen LogP contribution is -2.69. The molecule has 10 heteroatoms. The zero-order valence-electron chi connectivity index (χ0n) is 11.7. The molecule has 0 bridgehead atoms. The quantitative estimate of drug-likeness (QED) is 0.530. The fourth-order valence-electron chi connectivity index (χ4n) is 2.59. The minimum Gasteiger partial charge on any atom is -0.477 e. The van der Waals surface area contributed by atoms with Gasteiger partial charge in [-0.1, -0.05) is 0 Å². The fraction of sp³-hybridized carbons (Fsp3) is 0.583. The molecule has 2 saturated heterocycles. The van der Waals surface area contributed by atoms with Crippen molar-refractivity contribution in [3.63, 3.8) is 0 Å². The zero-order chi connectivity index (χ0) is 15.9. The maximum Gasteiger partial charge on any atom is 0.354 e. The van der Waals surface area contributed by atoms with Gasteiger partial charge in [-0.25, -0.2) is 9.59 Å². The van der Waals surface area contributed by atoms with Crippen molar-refractivity contribution in [3.8, 4) is 0 Å². The van der Waals surface area contributed by atoms with Crippen LogP contribution in [0.3, 0.4) is 0 Å². The third-order valence-corrected chi connectivity index (χ3v) is 5.07. The Balaban J connectivity index is 1.79. The highest BCUT2D eigenvalue weighted by atomic mass is 32.2. The van der Waals surface area contributed by atoms with Gasteiger partial charge in [-0.3, -0.25) is 9.69 Å². The summed E-state index contributed by atoms with van der Waals surface area (Å²) in [5, 5.41) is 11.6. The summed E-state index contributed by atoms with van der Waals surface area (Å²) < 4.78 is 5.17. The molecule has 120 valence electrons. The second-order valence-electron chi connectivity index (χ2n) is 5.10. The van der Waals surface area contributed by atoms with Crippen molar-refractivity contribution in [2.45, 2.75) is 11.4 Å². The van der Waals surface area contributed by atoms with Gasteiger partial charge in [0.2, 0.25) is 5.91 Å². The van der Waals surface area contributed by atoms with Gasteiger partial charge in [0.05, 0.1) is 18.9 Å². The molecule has 3 amide bonds. The van der Waals surface area contributed by atoms with Gasteiger partial charge in [0.25, 0.3) is 0 Å². The van der Waals surface area contributed by atoms with E-state index in [0.717, 1.165) is 4.90 Å². The molecule has 0 aromatic rings. The summed E-state index contributed by atoms with van der Waals surface area (Å²) in [6.07, 6.45) is 0. The van der Waals surface area contributed by atoms with Gasteiger partial charge in [0.15, 0.2) is 5.70 Å². The molecule has 3 aliphatic rings. The standard InChI is InChI=1S/C12H16N4O5S/c13-7-9(17)16-8(11(18)19)6(5-22-10(7)16)14-12(20)15-1-3-21-4-2-15/h7,10H,1-5,13H2,(H,14,20)(H,18,19)/t7?,10-/m1/s1. The number of nitrogens with one attached hydrogen (secondary N) is 1. The number of rotatable bonds is 2. The number of hydrogen-bond acceptors (Lipinski definition) is 6. The van der Waals surface area contributed by atoms with Gasteiger partial charge in [0, 0.05) is 18.8 Å². The maximum atomic E-state index is 12.2. The molecule has 0 aliphatic carbocycles. The van der Waals surface area contributed by atoms with Crippen molar-refractivity contribution >= 4 is 29.7 Å². The Labute approximate surface area is 130 Å². The molecule has 0 radical (unpaired) electrons. The van der Waals surface area contributed by atoms with E-state index in [4.69, 9.17) is 10.5 Å². The average molecular weight is 328 g/mol. The van der Waals surface area contributed by atoms with Crippen molar-refractivity contribution in [2.24, 2.45) is 5.73 Å². The first-order chi connectivity index (χ1) is 10.5. The van der Waals surface area contributed by atoms with E-state index in [1.807, 2.05) is 0 Å². The van der Waals surface area contributed by atoms with Crippen LogP contribution in [0.2, 0.25) is 0 Å². The van der Waals surface area contributed by atoms with E-state index in [-0.39, 0.29) is 22.8 Å². The van der Waals surface area contributed by atoms with Crippen LogP contribution in [0.1, 0.15) is 0 Å². The molecule has 3 aliphatic heterocycles. The Morgan fingerprint density at radius 2 is 2.05 bits per heavy atom. The first-order valence-electron chi connectivity index (χ1n) is 6.81. The highest BCUT2D eigenvalue weighted by molar-refractivity contribution is 8.00. The highest BCUT2D eigenvalue weighted by Gasteiger charge is 2.52. The SMILES string of the molecule is NC1C(=O)N2C(C(=O)O)=C(NC(=O)N3CCOCC3)CS[C@H]12. The largest absolute Gasteiger partial charge is 0.477 e. The second-order valence-corrected chi connectivity index (χ2v) is 6.20. The van der Waals surface area contributed by atoms with Crippen molar-refractivity contribution in [1.82, 2.24) is 15.1 Å². The number of fused-ring (bicyclic) bond motifs is 1. The first-order valence-corrected chi connectivity index (χ1v) is 7.86. The van der Waals surface area contributed by atoms with Crippen LogP contribution < -0.4 is 11.1 Å². The highest BCUT2D eigenvalue weighted by Crippen LogP contribution is 2.38. The molecule has 3 heterocycles. The number of carboxylic acid groups (broad SMARTS) is 1. The van der Waals surface area contributed by atoms with Crippen LogP contribution in [-0.2, 0) is 14.3 Å². The monoisotopic (exact) mass is 328 g/mol. The molecule has 0 aromatic heterocycles. The molecular formula is C12H16N4O5S. The number of nitrogens with zero attached hydrogens (tertiary/aromatic N) is 2. The predicted molar refractivity (Wildman–Crippen MR) is 76.7 cm³/mol. The van der Waals surface area contributed by atoms with Crippen LogP contribution in [0, 0.1) is 0 Å². The number of ether oxygens (including phenoxy) is 1. The van der Waals surface area contributed by atoms with Crippen molar-refractivity contribution < 1.29 is 24.2 Å². The third kappa shape index (κ3) is 2.42. The van der Waals surface area contributed by atoms with E-state index < -0.39 is 17.9 Å². The fourth-order valence-corrected chi connectivity index (χ4v) is 3.81. The van der Waals surface area contributed by atoms with E-state index in [1.54, 1.807) is 4.90 Å². The van der Waals surface area contributed by atoms with Gasteiger partial charge in [-0.2, -0.15) is 0 Å². The average Bonchev–Trinajstić information content (AvgIpc) is 2.54. The summed E-state index contributed by atoms with van der Waals surface area (Å²) in [5.41, 5.74) is 5.71. The van der Waals surface area contributed by atoms with Gasteiger partial charge in [-0.05, 0) is 0 Å². The van der Waals surface area contributed by atoms with Crippen molar-refractivity contribution in [3.05, 3.63) is 11.4 Å². The number of carbonyl (C=O) groups is 3. The summed E-state index contributed by atoms with van der Waals surface area (Å²) in [6, 6.07) is -1.07. The molecular weight excluding hydrogens is 312 g/mol. The third-order valence-electron chi connectivity index (χ3n) is 3.77. The van der Waals surface area contributed by atoms with E-state index >= 15 is 0 Å². The number of carboxylic acids is 1. The van der Waals surface area contributed by atoms with Crippen LogP contribution in [0.25, 0.3) is 0 Å². The molecule has 0 spiro atoms. The summed E-state index contributed by atoms with van der Waals surface area (Å²) in [6.45, 7) is 1.80. The number of morpholine rings is 1. The number of carbonyl (C=O) groups excluding carboxylic acids is 2. The molecule has 22 heavy (non-hydrogen) atoms. The van der Waals surface area contributed by atoms with Crippen LogP contribution in [0.4, 0.5) is 4.79 Å². The predicted octanol–water partition coefficient (Wildman–Crippen LogP) is -1.43. The van der Waals surface area contributed by atoms with Gasteiger partial charge in [-0.15, -0.1) is 11.8 Å². The van der Waals surface area contributed by atoms with E-state index in [2.05, 4.69) is 5.32 Å². The number of amides is 3. The summed E-state index contributed by atoms with van der Waals surface area (Å²) in [7, 11) is 0. The smallest absolute Gasteiger partial charge is 0.354 e. The lowest BCUT2D eigenvalue weighted by Gasteiger charge is -2.47. The van der Waals surface area contributed by atoms with Crippen LogP contribution in [-0.4, -0.2) is 76.3 Å². The number of nitrogens with two attached hydrogens (primary N) is 1. The van der Waals surface area contributed by atoms with E-state index in [0.29, 0.717) is 32.1 Å². The van der Waals surface area contributed by atoms with Crippen molar-refractivity contribution in [1.29, 1.82) is 0 Å². The minimum atomic E-state index is -1.25. The van der Waals surface area contributed by atoms with Gasteiger partial charge in [0.1, 0.15) is 11.4 Å². The Morgan fingerprint density at radius 3 is 2.68 bits per heavy atom. The number of hydrogen-bond donors (Lipinski definition) is 3. The number of urea groups is 1. The summed E-state index contributed by atoms with van der Waals surface area (Å²) in [5.74, 6) is -1.39. The van der Waals surface area contributed by atoms with E-state index in [9.17, 15) is 19.5 Å². The minimum absolute atomic E-state index is 0.183. The number of β-lactam (4-membered cyclic amide) rings is 1. The van der Waals surface area contributed by atoms with Crippen LogP contribution >= 0.6 is 11.8 Å². The van der Waals surface area contributed by atoms with E-state index in [1.165, 1.54) is 11.8 Å². The first kappa shape index (κ1) is 15.1. The molecule has 2 fully saturated rings. The summed E-state index contributed by atoms with van der Waals surface area (Å²) in [4.78, 5) is 38.2. The molecule has 0 aromatic carbocycles. The lowest BCUT2D eigenvalue weighted by molar-refractivity contribution is -0.148. The normalized spacial score (nSPS) is 28.1. The summed E-state index contributed by atoms with van der Waals surface area (Å²) >= 11 is 1.34. The van der Waals surface area contributed by atoms with Crippen LogP contribution in [0.5, 0.6) is 0 Å². The number of aliphatic carboxylic acids is 1. The van der Waals surface area contributed by atoms with Crippen LogP contribution in [0.15, 0.2) is 11.4 Å². The molecule has 2 atom stereocenters. The lowest BCUT2D eigenvalue weighted by atomic mass is 10.1. The molecule has 0 saturated carbocycles. The molecule has 3 rings (SSSR count). The zero-order valence-corrected chi connectivity index (χ0v) is 12.5. The van der Waals surface area contributed by atoms with Crippen molar-refractivity contribution in [2.75, 3.05) is 32.1 Å². The Morgan fingerprint density at radius 1 is 1.36 bits per heavy atom. The number of thioether (sulfide) groups is 1. The van der Waals surface area contributed by atoms with Gasteiger partial charge >= 0.3 is 12.0 Å². The Hall–Kier alpha value is -1.78. The van der Waals surface area contributed by atoms with Gasteiger partial charge < -0.3 is 25.8 Å². The molecule has 1 unspecified atom stereocenters. The molecule has 4 N–H and O–H groups in total.